The number of ether oxygens (including phenoxy) is 3. The average molecular weight is 326 g/mol. The summed E-state index contributed by atoms with van der Waals surface area (Å²) in [6.45, 7) is 0.435. The zero-order valence-electron chi connectivity index (χ0n) is 9.73. The van der Waals surface area contributed by atoms with Crippen LogP contribution in [0.5, 0.6) is 17.4 Å². The van der Waals surface area contributed by atoms with Gasteiger partial charge < -0.3 is 14.2 Å². The minimum atomic E-state index is -0.505. The van der Waals surface area contributed by atoms with Crippen LogP contribution in [0.4, 0.5) is 4.39 Å². The Morgan fingerprint density at radius 3 is 2.95 bits per heavy atom. The zero-order chi connectivity index (χ0) is 13.2. The van der Waals surface area contributed by atoms with Crippen LogP contribution in [0.3, 0.4) is 0 Å². The van der Waals surface area contributed by atoms with Gasteiger partial charge in [0.1, 0.15) is 6.61 Å². The molecule has 98 valence electrons. The van der Waals surface area contributed by atoms with Crippen LogP contribution in [0, 0.1) is 5.82 Å². The summed E-state index contributed by atoms with van der Waals surface area (Å²) in [6, 6.07) is 6.75. The molecule has 2 heterocycles. The molecule has 0 unspecified atom stereocenters. The first-order valence-corrected chi connectivity index (χ1v) is 6.34. The molecule has 3 rings (SSSR count). The van der Waals surface area contributed by atoms with Crippen LogP contribution >= 0.6 is 15.9 Å². The van der Waals surface area contributed by atoms with E-state index in [9.17, 15) is 4.39 Å². The Kier molecular flexibility index (Phi) is 3.25. The lowest BCUT2D eigenvalue weighted by atomic mass is 10.2. The molecule has 0 aliphatic carbocycles. The van der Waals surface area contributed by atoms with Gasteiger partial charge in [-0.3, -0.25) is 0 Å². The highest BCUT2D eigenvalue weighted by molar-refractivity contribution is 9.10. The Labute approximate surface area is 117 Å². The number of pyridine rings is 1. The Morgan fingerprint density at radius 2 is 2.11 bits per heavy atom. The van der Waals surface area contributed by atoms with E-state index in [1.807, 2.05) is 6.07 Å². The molecule has 1 aliphatic heterocycles. The van der Waals surface area contributed by atoms with Crippen molar-refractivity contribution in [1.29, 1.82) is 0 Å². The highest BCUT2D eigenvalue weighted by Gasteiger charge is 2.14. The summed E-state index contributed by atoms with van der Waals surface area (Å²) in [6.07, 6.45) is 1.48. The van der Waals surface area contributed by atoms with Gasteiger partial charge in [-0.2, -0.15) is 0 Å². The standard InChI is InChI=1S/C13H9BrFNO3/c14-9-4-10(15)13(16-5-9)17-6-8-1-2-11-12(3-8)19-7-18-11/h1-5H,6-7H2. The molecule has 0 fully saturated rings. The van der Waals surface area contributed by atoms with Gasteiger partial charge in [-0.05, 0) is 39.7 Å². The van der Waals surface area contributed by atoms with E-state index < -0.39 is 5.82 Å². The molecule has 0 saturated heterocycles. The van der Waals surface area contributed by atoms with Crippen molar-refractivity contribution in [3.8, 4) is 17.4 Å². The second kappa shape index (κ2) is 5.05. The third kappa shape index (κ3) is 2.63. The summed E-state index contributed by atoms with van der Waals surface area (Å²) in [5.41, 5.74) is 0.855. The maximum Gasteiger partial charge on any atom is 0.250 e. The fraction of sp³-hybridized carbons (Fsp3) is 0.154. The van der Waals surface area contributed by atoms with E-state index in [4.69, 9.17) is 14.2 Å². The number of benzene rings is 1. The summed E-state index contributed by atoms with van der Waals surface area (Å²) < 4.78 is 29.9. The van der Waals surface area contributed by atoms with Crippen molar-refractivity contribution >= 4 is 15.9 Å². The minimum absolute atomic E-state index is 0.0270. The molecule has 0 N–H and O–H groups in total. The van der Waals surface area contributed by atoms with Gasteiger partial charge >= 0.3 is 0 Å². The van der Waals surface area contributed by atoms with Crippen LogP contribution in [0.2, 0.25) is 0 Å². The van der Waals surface area contributed by atoms with Crippen LogP contribution in [-0.4, -0.2) is 11.8 Å². The maximum atomic E-state index is 13.5. The zero-order valence-corrected chi connectivity index (χ0v) is 11.3. The number of hydrogen-bond donors (Lipinski definition) is 0. The van der Waals surface area contributed by atoms with Gasteiger partial charge in [0, 0.05) is 10.7 Å². The third-order valence-corrected chi connectivity index (χ3v) is 3.02. The van der Waals surface area contributed by atoms with E-state index >= 15 is 0 Å². The highest BCUT2D eigenvalue weighted by Crippen LogP contribution is 2.32. The molecular weight excluding hydrogens is 317 g/mol. The lowest BCUT2D eigenvalue weighted by Crippen LogP contribution is -1.99. The maximum absolute atomic E-state index is 13.5. The molecule has 4 nitrogen and oxygen atoms in total. The van der Waals surface area contributed by atoms with E-state index in [-0.39, 0.29) is 19.3 Å². The number of nitrogens with zero attached hydrogens (tertiary/aromatic N) is 1. The molecule has 0 spiro atoms. The third-order valence-electron chi connectivity index (χ3n) is 2.59. The monoisotopic (exact) mass is 325 g/mol. The van der Waals surface area contributed by atoms with Gasteiger partial charge in [-0.1, -0.05) is 6.07 Å². The molecule has 1 aromatic heterocycles. The second-order valence-electron chi connectivity index (χ2n) is 3.92. The van der Waals surface area contributed by atoms with Gasteiger partial charge in [-0.25, -0.2) is 9.37 Å². The second-order valence-corrected chi connectivity index (χ2v) is 4.83. The molecule has 0 atom stereocenters. The van der Waals surface area contributed by atoms with E-state index in [2.05, 4.69) is 20.9 Å². The van der Waals surface area contributed by atoms with Crippen LogP contribution in [0.25, 0.3) is 0 Å². The number of fused-ring (bicyclic) bond motifs is 1. The number of halogens is 2. The molecule has 2 aromatic rings. The molecule has 6 heteroatoms. The largest absolute Gasteiger partial charge is 0.471 e. The van der Waals surface area contributed by atoms with Crippen LogP contribution in [0.1, 0.15) is 5.56 Å². The molecular formula is C13H9BrFNO3. The Morgan fingerprint density at radius 1 is 1.26 bits per heavy atom. The van der Waals surface area contributed by atoms with Gasteiger partial charge in [0.2, 0.25) is 6.79 Å². The normalized spacial score (nSPS) is 12.5. The SMILES string of the molecule is Fc1cc(Br)cnc1OCc1ccc2c(c1)OCO2. The van der Waals surface area contributed by atoms with Gasteiger partial charge in [-0.15, -0.1) is 0 Å². The minimum Gasteiger partial charge on any atom is -0.471 e. The first kappa shape index (κ1) is 12.2. The van der Waals surface area contributed by atoms with Crippen LogP contribution in [0.15, 0.2) is 34.9 Å². The molecule has 1 aromatic carbocycles. The predicted octanol–water partition coefficient (Wildman–Crippen LogP) is 3.29. The lowest BCUT2D eigenvalue weighted by Gasteiger charge is -2.07. The van der Waals surface area contributed by atoms with Crippen molar-refractivity contribution < 1.29 is 18.6 Å². The molecule has 0 radical (unpaired) electrons. The molecule has 0 amide bonds. The van der Waals surface area contributed by atoms with Crippen molar-refractivity contribution in [2.45, 2.75) is 6.61 Å². The quantitative estimate of drug-likeness (QED) is 0.868. The fourth-order valence-corrected chi connectivity index (χ4v) is 1.99. The number of aromatic nitrogens is 1. The summed E-state index contributed by atoms with van der Waals surface area (Å²) in [5, 5.41) is 0. The first-order chi connectivity index (χ1) is 9.22. The lowest BCUT2D eigenvalue weighted by molar-refractivity contribution is 0.174. The topological polar surface area (TPSA) is 40.6 Å². The van der Waals surface area contributed by atoms with Crippen molar-refractivity contribution in [2.24, 2.45) is 0 Å². The first-order valence-electron chi connectivity index (χ1n) is 5.55. The van der Waals surface area contributed by atoms with Gasteiger partial charge in [0.05, 0.1) is 0 Å². The summed E-state index contributed by atoms with van der Waals surface area (Å²) in [7, 11) is 0. The smallest absolute Gasteiger partial charge is 0.250 e. The summed E-state index contributed by atoms with van der Waals surface area (Å²) >= 11 is 3.14. The number of hydrogen-bond acceptors (Lipinski definition) is 4. The van der Waals surface area contributed by atoms with Crippen molar-refractivity contribution in [3.05, 3.63) is 46.3 Å². The van der Waals surface area contributed by atoms with Gasteiger partial charge in [0.15, 0.2) is 17.3 Å². The van der Waals surface area contributed by atoms with E-state index in [0.29, 0.717) is 16.0 Å². The van der Waals surface area contributed by atoms with Crippen LogP contribution < -0.4 is 14.2 Å². The van der Waals surface area contributed by atoms with Gasteiger partial charge in [0.25, 0.3) is 5.88 Å². The number of rotatable bonds is 3. The van der Waals surface area contributed by atoms with E-state index in [1.54, 1.807) is 12.1 Å². The molecule has 19 heavy (non-hydrogen) atoms. The Hall–Kier alpha value is -1.82. The van der Waals surface area contributed by atoms with Crippen molar-refractivity contribution in [1.82, 2.24) is 4.98 Å². The Balaban J connectivity index is 1.72. The Bertz CT molecular complexity index is 621. The van der Waals surface area contributed by atoms with E-state index in [0.717, 1.165) is 5.56 Å². The van der Waals surface area contributed by atoms with E-state index in [1.165, 1.54) is 12.3 Å². The average Bonchev–Trinajstić information content (AvgIpc) is 2.85. The fourth-order valence-electron chi connectivity index (χ4n) is 1.69. The molecule has 0 saturated carbocycles. The van der Waals surface area contributed by atoms with Crippen molar-refractivity contribution in [3.63, 3.8) is 0 Å². The molecule has 0 bridgehead atoms. The highest BCUT2D eigenvalue weighted by atomic mass is 79.9. The summed E-state index contributed by atoms with van der Waals surface area (Å²) in [4.78, 5) is 3.87. The summed E-state index contributed by atoms with van der Waals surface area (Å²) in [5.74, 6) is 0.845. The van der Waals surface area contributed by atoms with Crippen molar-refractivity contribution in [2.75, 3.05) is 6.79 Å². The predicted molar refractivity (Wildman–Crippen MR) is 68.8 cm³/mol. The molecule has 1 aliphatic rings. The van der Waals surface area contributed by atoms with Crippen LogP contribution in [-0.2, 0) is 6.61 Å².